The van der Waals surface area contributed by atoms with Crippen LogP contribution in [0, 0.1) is 5.82 Å². The molecule has 0 aliphatic carbocycles. The highest BCUT2D eigenvalue weighted by molar-refractivity contribution is 6.04. The van der Waals surface area contributed by atoms with Gasteiger partial charge in [0, 0.05) is 16.8 Å². The Morgan fingerprint density at radius 2 is 1.56 bits per heavy atom. The van der Waals surface area contributed by atoms with Crippen LogP contribution in [-0.4, -0.2) is 5.91 Å². The summed E-state index contributed by atoms with van der Waals surface area (Å²) in [4.78, 5) is 12.1. The third kappa shape index (κ3) is 4.75. The molecule has 0 radical (unpaired) electrons. The molecule has 1 N–H and O–H groups in total. The van der Waals surface area contributed by atoms with E-state index >= 15 is 0 Å². The van der Waals surface area contributed by atoms with Crippen molar-refractivity contribution >= 4 is 11.6 Å². The van der Waals surface area contributed by atoms with Gasteiger partial charge >= 0.3 is 0 Å². The van der Waals surface area contributed by atoms with Crippen molar-refractivity contribution in [2.75, 3.05) is 5.32 Å². The second-order valence-electron chi connectivity index (χ2n) is 5.60. The van der Waals surface area contributed by atoms with Crippen LogP contribution in [0.25, 0.3) is 0 Å². The van der Waals surface area contributed by atoms with Crippen molar-refractivity contribution in [1.82, 2.24) is 0 Å². The van der Waals surface area contributed by atoms with Gasteiger partial charge in [0.15, 0.2) is 0 Å². The van der Waals surface area contributed by atoms with Crippen molar-refractivity contribution in [2.45, 2.75) is 13.2 Å². The van der Waals surface area contributed by atoms with Crippen LogP contribution in [0.3, 0.4) is 0 Å². The lowest BCUT2D eigenvalue weighted by atomic mass is 10.1. The Hall–Kier alpha value is -2.98. The quantitative estimate of drug-likeness (QED) is 0.703. The zero-order chi connectivity index (χ0) is 17.5. The first-order valence-corrected chi connectivity index (χ1v) is 7.99. The second kappa shape index (κ2) is 8.22. The molecule has 0 unspecified atom stereocenters. The molecule has 3 aromatic carbocycles. The molecule has 0 spiro atoms. The smallest absolute Gasteiger partial charge is 0.255 e. The zero-order valence-corrected chi connectivity index (χ0v) is 13.6. The lowest BCUT2D eigenvalue weighted by Crippen LogP contribution is -2.12. The maximum absolute atomic E-state index is 14.2. The fourth-order valence-corrected chi connectivity index (χ4v) is 2.39. The maximum atomic E-state index is 14.2. The van der Waals surface area contributed by atoms with Crippen LogP contribution in [0.2, 0.25) is 0 Å². The van der Waals surface area contributed by atoms with Crippen molar-refractivity contribution < 1.29 is 13.9 Å². The van der Waals surface area contributed by atoms with Gasteiger partial charge in [-0.25, -0.2) is 4.39 Å². The number of halogens is 1. The number of ether oxygens (including phenoxy) is 1. The van der Waals surface area contributed by atoms with Gasteiger partial charge < -0.3 is 10.1 Å². The lowest BCUT2D eigenvalue weighted by molar-refractivity contribution is 0.102. The molecule has 3 nitrogen and oxygen atoms in total. The van der Waals surface area contributed by atoms with Crippen LogP contribution >= 0.6 is 0 Å². The van der Waals surface area contributed by atoms with Crippen molar-refractivity contribution in [2.24, 2.45) is 0 Å². The number of benzene rings is 3. The summed E-state index contributed by atoms with van der Waals surface area (Å²) in [6, 6.07) is 23.1. The molecule has 0 fully saturated rings. The number of amides is 1. The molecule has 0 aliphatic rings. The summed E-state index contributed by atoms with van der Waals surface area (Å²) >= 11 is 0. The van der Waals surface area contributed by atoms with Gasteiger partial charge in [0.2, 0.25) is 0 Å². The SMILES string of the molecule is O=C(Nc1ccc(COCc2ccccc2)c(F)c1)c1ccccc1. The van der Waals surface area contributed by atoms with E-state index in [1.807, 2.05) is 36.4 Å². The Morgan fingerprint density at radius 1 is 0.880 bits per heavy atom. The van der Waals surface area contributed by atoms with Gasteiger partial charge in [0.05, 0.1) is 13.2 Å². The van der Waals surface area contributed by atoms with Gasteiger partial charge in [-0.3, -0.25) is 4.79 Å². The number of carbonyl (C=O) groups is 1. The van der Waals surface area contributed by atoms with Gasteiger partial charge in [-0.15, -0.1) is 0 Å². The molecular weight excluding hydrogens is 317 g/mol. The summed E-state index contributed by atoms with van der Waals surface area (Å²) in [5, 5.41) is 2.69. The number of anilines is 1. The van der Waals surface area contributed by atoms with Crippen molar-refractivity contribution in [3.8, 4) is 0 Å². The number of rotatable bonds is 6. The van der Waals surface area contributed by atoms with Gasteiger partial charge in [0.25, 0.3) is 5.91 Å². The molecule has 0 saturated heterocycles. The van der Waals surface area contributed by atoms with Crippen LogP contribution in [0.15, 0.2) is 78.9 Å². The van der Waals surface area contributed by atoms with E-state index in [0.717, 1.165) is 5.56 Å². The van der Waals surface area contributed by atoms with Crippen LogP contribution in [-0.2, 0) is 18.0 Å². The van der Waals surface area contributed by atoms with Crippen LogP contribution in [0.4, 0.5) is 10.1 Å². The summed E-state index contributed by atoms with van der Waals surface area (Å²) in [7, 11) is 0. The zero-order valence-electron chi connectivity index (χ0n) is 13.6. The van der Waals surface area contributed by atoms with Gasteiger partial charge in [-0.05, 0) is 29.8 Å². The van der Waals surface area contributed by atoms with Gasteiger partial charge in [0.1, 0.15) is 5.82 Å². The molecular formula is C21H18FNO2. The Kier molecular flexibility index (Phi) is 5.54. The Labute approximate surface area is 146 Å². The third-order valence-electron chi connectivity index (χ3n) is 3.72. The van der Waals surface area contributed by atoms with Crippen molar-refractivity contribution in [3.05, 3.63) is 101 Å². The van der Waals surface area contributed by atoms with E-state index in [9.17, 15) is 9.18 Å². The fourth-order valence-electron chi connectivity index (χ4n) is 2.39. The summed E-state index contributed by atoms with van der Waals surface area (Å²) < 4.78 is 19.7. The molecule has 0 aromatic heterocycles. The monoisotopic (exact) mass is 335 g/mol. The molecule has 3 aromatic rings. The Morgan fingerprint density at radius 3 is 2.24 bits per heavy atom. The minimum atomic E-state index is -0.404. The highest BCUT2D eigenvalue weighted by atomic mass is 19.1. The van der Waals surface area contributed by atoms with Crippen molar-refractivity contribution in [1.29, 1.82) is 0 Å². The largest absolute Gasteiger partial charge is 0.372 e. The molecule has 25 heavy (non-hydrogen) atoms. The first-order chi connectivity index (χ1) is 12.2. The van der Waals surface area contributed by atoms with E-state index in [1.165, 1.54) is 6.07 Å². The van der Waals surface area contributed by atoms with Crippen LogP contribution in [0.5, 0.6) is 0 Å². The number of carbonyl (C=O) groups excluding carboxylic acids is 1. The molecule has 0 saturated carbocycles. The molecule has 126 valence electrons. The average molecular weight is 335 g/mol. The van der Waals surface area contributed by atoms with Crippen LogP contribution < -0.4 is 5.32 Å². The summed E-state index contributed by atoms with van der Waals surface area (Å²) in [6.45, 7) is 0.598. The lowest BCUT2D eigenvalue weighted by Gasteiger charge is -2.09. The highest BCUT2D eigenvalue weighted by Crippen LogP contribution is 2.17. The highest BCUT2D eigenvalue weighted by Gasteiger charge is 2.08. The molecule has 4 heteroatoms. The Bertz CT molecular complexity index is 835. The van der Waals surface area contributed by atoms with E-state index in [0.29, 0.717) is 23.4 Å². The number of hydrogen-bond acceptors (Lipinski definition) is 2. The standard InChI is InChI=1S/C21H18FNO2/c22-20-13-19(23-21(24)17-9-5-2-6-10-17)12-11-18(20)15-25-14-16-7-3-1-4-8-16/h1-13H,14-15H2,(H,23,24). The first-order valence-electron chi connectivity index (χ1n) is 7.99. The average Bonchev–Trinajstić information content (AvgIpc) is 2.65. The molecule has 0 bridgehead atoms. The molecule has 0 atom stereocenters. The second-order valence-corrected chi connectivity index (χ2v) is 5.60. The number of nitrogens with one attached hydrogen (secondary N) is 1. The van der Waals surface area contributed by atoms with E-state index in [1.54, 1.807) is 36.4 Å². The minimum Gasteiger partial charge on any atom is -0.372 e. The van der Waals surface area contributed by atoms with E-state index in [2.05, 4.69) is 5.32 Å². The Balaban J connectivity index is 1.58. The summed E-state index contributed by atoms with van der Waals surface area (Å²) in [5.41, 5.74) is 2.43. The molecule has 1 amide bonds. The minimum absolute atomic E-state index is 0.174. The van der Waals surface area contributed by atoms with E-state index < -0.39 is 5.82 Å². The van der Waals surface area contributed by atoms with E-state index in [-0.39, 0.29) is 12.5 Å². The first kappa shape index (κ1) is 16.9. The molecule has 3 rings (SSSR count). The normalized spacial score (nSPS) is 10.4. The van der Waals surface area contributed by atoms with Gasteiger partial charge in [-0.1, -0.05) is 54.6 Å². The third-order valence-corrected chi connectivity index (χ3v) is 3.72. The topological polar surface area (TPSA) is 38.3 Å². The molecule has 0 aliphatic heterocycles. The van der Waals surface area contributed by atoms with Crippen molar-refractivity contribution in [3.63, 3.8) is 0 Å². The number of hydrogen-bond donors (Lipinski definition) is 1. The predicted octanol–water partition coefficient (Wildman–Crippen LogP) is 4.79. The fraction of sp³-hybridized carbons (Fsp3) is 0.0952. The summed E-state index contributed by atoms with van der Waals surface area (Å²) in [5.74, 6) is -0.674. The predicted molar refractivity (Wildman–Crippen MR) is 95.7 cm³/mol. The van der Waals surface area contributed by atoms with Gasteiger partial charge in [-0.2, -0.15) is 0 Å². The van der Waals surface area contributed by atoms with E-state index in [4.69, 9.17) is 4.74 Å². The maximum Gasteiger partial charge on any atom is 0.255 e. The molecule has 0 heterocycles. The van der Waals surface area contributed by atoms with Crippen LogP contribution in [0.1, 0.15) is 21.5 Å². The summed E-state index contributed by atoms with van der Waals surface area (Å²) in [6.07, 6.45) is 0.